The van der Waals surface area contributed by atoms with Crippen molar-refractivity contribution in [1.82, 2.24) is 9.88 Å². The van der Waals surface area contributed by atoms with E-state index in [-0.39, 0.29) is 18.2 Å². The van der Waals surface area contributed by atoms with Gasteiger partial charge in [-0.15, -0.1) is 11.3 Å². The number of carbonyl (C=O) groups is 1. The van der Waals surface area contributed by atoms with Crippen molar-refractivity contribution < 1.29 is 9.53 Å². The summed E-state index contributed by atoms with van der Waals surface area (Å²) in [5.41, 5.74) is 0.929. The maximum atomic E-state index is 12.6. The average molecular weight is 318 g/mol. The first kappa shape index (κ1) is 16.5. The van der Waals surface area contributed by atoms with E-state index >= 15 is 0 Å². The van der Waals surface area contributed by atoms with Gasteiger partial charge >= 0.3 is 6.09 Å². The second kappa shape index (κ2) is 7.40. The molecule has 0 spiro atoms. The Hall–Kier alpha value is -1.88. The lowest BCUT2D eigenvalue weighted by molar-refractivity contribution is 0.0576. The standard InChI is InChI=1S/C17H22N2O2S/c1-12(2)19(13(3)4)17(20)21-15(16-18-10-11-22-16)14-8-6-5-7-9-14/h5-13,15H,1-4H3. The van der Waals surface area contributed by atoms with Crippen molar-refractivity contribution in [1.29, 1.82) is 0 Å². The minimum absolute atomic E-state index is 0.0835. The molecule has 0 aliphatic rings. The van der Waals surface area contributed by atoms with Gasteiger partial charge in [-0.25, -0.2) is 9.78 Å². The molecule has 1 aromatic carbocycles. The Morgan fingerprint density at radius 1 is 1.14 bits per heavy atom. The van der Waals surface area contributed by atoms with Crippen molar-refractivity contribution in [2.45, 2.75) is 45.9 Å². The van der Waals surface area contributed by atoms with Crippen molar-refractivity contribution in [2.75, 3.05) is 0 Å². The van der Waals surface area contributed by atoms with E-state index in [0.717, 1.165) is 10.6 Å². The molecule has 0 saturated heterocycles. The van der Waals surface area contributed by atoms with Gasteiger partial charge in [-0.2, -0.15) is 0 Å². The first-order valence-corrected chi connectivity index (χ1v) is 8.32. The van der Waals surface area contributed by atoms with Crippen LogP contribution < -0.4 is 0 Å². The number of rotatable bonds is 5. The first-order chi connectivity index (χ1) is 10.5. The summed E-state index contributed by atoms with van der Waals surface area (Å²) in [6, 6.07) is 9.89. The van der Waals surface area contributed by atoms with Crippen LogP contribution in [-0.2, 0) is 4.74 Å². The van der Waals surface area contributed by atoms with Gasteiger partial charge in [0.15, 0.2) is 6.10 Å². The minimum Gasteiger partial charge on any atom is -0.434 e. The topological polar surface area (TPSA) is 42.4 Å². The van der Waals surface area contributed by atoms with Gasteiger partial charge in [0.25, 0.3) is 0 Å². The van der Waals surface area contributed by atoms with E-state index in [1.807, 2.05) is 63.4 Å². The van der Waals surface area contributed by atoms with E-state index in [1.165, 1.54) is 11.3 Å². The van der Waals surface area contributed by atoms with E-state index in [0.29, 0.717) is 0 Å². The van der Waals surface area contributed by atoms with Crippen LogP contribution in [0.1, 0.15) is 44.4 Å². The molecule has 0 saturated carbocycles. The molecule has 0 radical (unpaired) electrons. The summed E-state index contributed by atoms with van der Waals surface area (Å²) < 4.78 is 5.80. The van der Waals surface area contributed by atoms with Crippen molar-refractivity contribution in [2.24, 2.45) is 0 Å². The van der Waals surface area contributed by atoms with Crippen LogP contribution in [-0.4, -0.2) is 28.1 Å². The third-order valence-electron chi connectivity index (χ3n) is 3.32. The molecule has 5 heteroatoms. The van der Waals surface area contributed by atoms with Gasteiger partial charge in [-0.3, -0.25) is 0 Å². The molecule has 2 rings (SSSR count). The summed E-state index contributed by atoms with van der Waals surface area (Å²) in [6.45, 7) is 7.95. The lowest BCUT2D eigenvalue weighted by Gasteiger charge is -2.31. The highest BCUT2D eigenvalue weighted by Gasteiger charge is 2.27. The fourth-order valence-corrected chi connectivity index (χ4v) is 3.12. The Bertz CT molecular complexity index is 574. The van der Waals surface area contributed by atoms with Gasteiger partial charge in [0.05, 0.1) is 0 Å². The third-order valence-corrected chi connectivity index (χ3v) is 4.14. The highest BCUT2D eigenvalue weighted by molar-refractivity contribution is 7.09. The summed E-state index contributed by atoms with van der Waals surface area (Å²) in [5.74, 6) is 0. The Morgan fingerprint density at radius 2 is 1.77 bits per heavy atom. The Morgan fingerprint density at radius 3 is 2.27 bits per heavy atom. The van der Waals surface area contributed by atoms with Gasteiger partial charge in [0.2, 0.25) is 0 Å². The third kappa shape index (κ3) is 3.85. The Kier molecular flexibility index (Phi) is 5.55. The monoisotopic (exact) mass is 318 g/mol. The summed E-state index contributed by atoms with van der Waals surface area (Å²) in [5, 5.41) is 2.67. The summed E-state index contributed by atoms with van der Waals surface area (Å²) in [7, 11) is 0. The molecule has 1 heterocycles. The molecule has 0 bridgehead atoms. The van der Waals surface area contributed by atoms with E-state index in [9.17, 15) is 4.79 Å². The largest absolute Gasteiger partial charge is 0.434 e. The number of nitrogens with zero attached hydrogens (tertiary/aromatic N) is 2. The van der Waals surface area contributed by atoms with E-state index in [1.54, 1.807) is 11.1 Å². The second-order valence-electron chi connectivity index (χ2n) is 5.64. The average Bonchev–Trinajstić information content (AvgIpc) is 2.98. The number of hydrogen-bond donors (Lipinski definition) is 0. The number of hydrogen-bond acceptors (Lipinski definition) is 4. The minimum atomic E-state index is -0.464. The predicted octanol–water partition coefficient (Wildman–Crippen LogP) is 4.49. The molecule has 118 valence electrons. The molecule has 1 atom stereocenters. The molecule has 1 amide bonds. The van der Waals surface area contributed by atoms with Crippen LogP contribution in [0.3, 0.4) is 0 Å². The molecule has 0 aliphatic carbocycles. The van der Waals surface area contributed by atoms with E-state index in [4.69, 9.17) is 4.74 Å². The predicted molar refractivity (Wildman–Crippen MR) is 89.0 cm³/mol. The van der Waals surface area contributed by atoms with Gasteiger partial charge in [0, 0.05) is 23.7 Å². The van der Waals surface area contributed by atoms with Crippen LogP contribution in [0.5, 0.6) is 0 Å². The van der Waals surface area contributed by atoms with Crippen molar-refractivity contribution in [3.05, 3.63) is 52.5 Å². The number of ether oxygens (including phenoxy) is 1. The molecule has 2 aromatic rings. The lowest BCUT2D eigenvalue weighted by Crippen LogP contribution is -2.42. The second-order valence-corrected chi connectivity index (χ2v) is 6.57. The van der Waals surface area contributed by atoms with Gasteiger partial charge in [-0.05, 0) is 33.3 Å². The van der Waals surface area contributed by atoms with Gasteiger partial charge in [0.1, 0.15) is 5.01 Å². The fraction of sp³-hybridized carbons (Fsp3) is 0.412. The van der Waals surface area contributed by atoms with Crippen LogP contribution >= 0.6 is 11.3 Å². The zero-order valence-electron chi connectivity index (χ0n) is 13.4. The highest BCUT2D eigenvalue weighted by atomic mass is 32.1. The van der Waals surface area contributed by atoms with Crippen molar-refractivity contribution >= 4 is 17.4 Å². The van der Waals surface area contributed by atoms with Crippen molar-refractivity contribution in [3.8, 4) is 0 Å². The number of aromatic nitrogens is 1. The molecular weight excluding hydrogens is 296 g/mol. The van der Waals surface area contributed by atoms with Gasteiger partial charge in [-0.1, -0.05) is 30.3 Å². The number of benzene rings is 1. The number of carbonyl (C=O) groups excluding carboxylic acids is 1. The maximum absolute atomic E-state index is 12.6. The molecular formula is C17H22N2O2S. The smallest absolute Gasteiger partial charge is 0.411 e. The van der Waals surface area contributed by atoms with Crippen LogP contribution in [0.4, 0.5) is 4.79 Å². The van der Waals surface area contributed by atoms with Gasteiger partial charge < -0.3 is 9.64 Å². The highest BCUT2D eigenvalue weighted by Crippen LogP contribution is 2.28. The summed E-state index contributed by atoms with van der Waals surface area (Å²) >= 11 is 1.49. The summed E-state index contributed by atoms with van der Waals surface area (Å²) in [6.07, 6.45) is 0.953. The normalized spacial score (nSPS) is 12.5. The van der Waals surface area contributed by atoms with E-state index in [2.05, 4.69) is 4.98 Å². The molecule has 0 aliphatic heterocycles. The SMILES string of the molecule is CC(C)N(C(=O)OC(c1ccccc1)c1nccs1)C(C)C. The number of amides is 1. The zero-order valence-corrected chi connectivity index (χ0v) is 14.2. The van der Waals surface area contributed by atoms with Crippen LogP contribution in [0.2, 0.25) is 0 Å². The van der Waals surface area contributed by atoms with Crippen LogP contribution in [0.15, 0.2) is 41.9 Å². The van der Waals surface area contributed by atoms with Crippen molar-refractivity contribution in [3.63, 3.8) is 0 Å². The maximum Gasteiger partial charge on any atom is 0.411 e. The van der Waals surface area contributed by atoms with E-state index < -0.39 is 6.10 Å². The molecule has 1 aromatic heterocycles. The zero-order chi connectivity index (χ0) is 16.1. The molecule has 1 unspecified atom stereocenters. The van der Waals surface area contributed by atoms with Crippen LogP contribution in [0.25, 0.3) is 0 Å². The Labute approximate surface area is 135 Å². The quantitative estimate of drug-likeness (QED) is 0.816. The molecule has 4 nitrogen and oxygen atoms in total. The summed E-state index contributed by atoms with van der Waals surface area (Å²) in [4.78, 5) is 18.6. The lowest BCUT2D eigenvalue weighted by atomic mass is 10.1. The fourth-order valence-electron chi connectivity index (χ4n) is 2.43. The molecule has 0 N–H and O–H groups in total. The molecule has 22 heavy (non-hydrogen) atoms. The molecule has 0 fully saturated rings. The Balaban J connectivity index is 2.26. The number of thiazole rings is 1. The first-order valence-electron chi connectivity index (χ1n) is 7.44. The van der Waals surface area contributed by atoms with Crippen LogP contribution in [0, 0.1) is 0 Å².